The van der Waals surface area contributed by atoms with Crippen molar-refractivity contribution >= 4 is 26.6 Å². The first kappa shape index (κ1) is 21.5. The number of amides is 1. The summed E-state index contributed by atoms with van der Waals surface area (Å²) in [4.78, 5) is 16.2. The van der Waals surface area contributed by atoms with Crippen molar-refractivity contribution in [2.24, 2.45) is 0 Å². The number of para-hydroxylation sites is 1. The maximum atomic E-state index is 12.9. The van der Waals surface area contributed by atoms with Gasteiger partial charge < -0.3 is 10.3 Å². The number of aryl methyl sites for hydroxylation is 1. The largest absolute Gasteiger partial charge is 0.361 e. The van der Waals surface area contributed by atoms with Gasteiger partial charge in [-0.3, -0.25) is 9.48 Å². The fraction of sp³-hybridized carbons (Fsp3) is 0.280. The molecular formula is C25H26N4O3S. The number of aromatic nitrogens is 3. The Kier molecular flexibility index (Phi) is 5.54. The maximum absolute atomic E-state index is 12.9. The lowest BCUT2D eigenvalue weighted by Crippen LogP contribution is -2.26. The van der Waals surface area contributed by atoms with Crippen LogP contribution < -0.4 is 5.32 Å². The molecule has 1 fully saturated rings. The van der Waals surface area contributed by atoms with Crippen molar-refractivity contribution < 1.29 is 13.2 Å². The molecule has 7 nitrogen and oxygen atoms in total. The summed E-state index contributed by atoms with van der Waals surface area (Å²) in [6.45, 7) is 2.49. The fourth-order valence-corrected chi connectivity index (χ4v) is 6.12. The zero-order valence-electron chi connectivity index (χ0n) is 18.4. The molecule has 0 aliphatic carbocycles. The number of benzene rings is 2. The van der Waals surface area contributed by atoms with E-state index in [1.807, 2.05) is 55.6 Å². The Labute approximate surface area is 192 Å². The molecule has 0 saturated carbocycles. The van der Waals surface area contributed by atoms with Crippen molar-refractivity contribution in [3.8, 4) is 11.3 Å². The normalized spacial score (nSPS) is 17.4. The van der Waals surface area contributed by atoms with Crippen LogP contribution in [0.1, 0.15) is 34.1 Å². The third-order valence-electron chi connectivity index (χ3n) is 6.22. The van der Waals surface area contributed by atoms with E-state index < -0.39 is 9.84 Å². The molecule has 1 saturated heterocycles. The highest BCUT2D eigenvalue weighted by Gasteiger charge is 2.32. The van der Waals surface area contributed by atoms with Crippen LogP contribution in [0, 0.1) is 6.92 Å². The number of hydrogen-bond acceptors (Lipinski definition) is 4. The van der Waals surface area contributed by atoms with Crippen LogP contribution in [0.3, 0.4) is 0 Å². The van der Waals surface area contributed by atoms with Crippen LogP contribution in [-0.2, 0) is 16.3 Å². The second-order valence-corrected chi connectivity index (χ2v) is 10.9. The van der Waals surface area contributed by atoms with Gasteiger partial charge in [0.15, 0.2) is 15.5 Å². The number of sulfone groups is 1. The molecule has 2 aromatic heterocycles. The molecular weight excluding hydrogens is 436 g/mol. The monoisotopic (exact) mass is 462 g/mol. The van der Waals surface area contributed by atoms with Gasteiger partial charge in [-0.15, -0.1) is 0 Å². The van der Waals surface area contributed by atoms with Crippen molar-refractivity contribution in [2.75, 3.05) is 18.1 Å². The number of rotatable bonds is 6. The summed E-state index contributed by atoms with van der Waals surface area (Å²) in [6.07, 6.45) is 3.17. The van der Waals surface area contributed by atoms with Gasteiger partial charge in [0.1, 0.15) is 0 Å². The van der Waals surface area contributed by atoms with Crippen LogP contribution in [0.2, 0.25) is 0 Å². The standard InChI is InChI=1S/C25H26N4O3S/c1-17-6-8-18(9-7-17)24-14-23(28-29(24)20-11-13-33(31,32)16-20)25(30)26-12-10-19-15-27-22-5-3-2-4-21(19)22/h2-9,14-15,20,27H,10-13,16H2,1H3,(H,26,30). The Morgan fingerprint density at radius 3 is 2.73 bits per heavy atom. The molecule has 1 amide bonds. The number of H-pyrrole nitrogens is 1. The van der Waals surface area contributed by atoms with Crippen molar-refractivity contribution in [3.63, 3.8) is 0 Å². The van der Waals surface area contributed by atoms with E-state index in [2.05, 4.69) is 21.5 Å². The Morgan fingerprint density at radius 1 is 1.18 bits per heavy atom. The van der Waals surface area contributed by atoms with Gasteiger partial charge in [0.05, 0.1) is 23.2 Å². The smallest absolute Gasteiger partial charge is 0.271 e. The summed E-state index contributed by atoms with van der Waals surface area (Å²) in [5.41, 5.74) is 5.33. The Balaban J connectivity index is 1.36. The Morgan fingerprint density at radius 2 is 1.97 bits per heavy atom. The average molecular weight is 463 g/mol. The van der Waals surface area contributed by atoms with Gasteiger partial charge in [0.2, 0.25) is 0 Å². The molecule has 1 atom stereocenters. The van der Waals surface area contributed by atoms with Gasteiger partial charge in [-0.1, -0.05) is 48.0 Å². The summed E-state index contributed by atoms with van der Waals surface area (Å²) >= 11 is 0. The molecule has 2 N–H and O–H groups in total. The Bertz CT molecular complexity index is 1420. The van der Waals surface area contributed by atoms with Crippen molar-refractivity contribution in [1.29, 1.82) is 0 Å². The summed E-state index contributed by atoms with van der Waals surface area (Å²) in [5, 5.41) is 8.67. The molecule has 0 bridgehead atoms. The quantitative estimate of drug-likeness (QED) is 0.457. The van der Waals surface area contributed by atoms with Gasteiger partial charge in [0.25, 0.3) is 5.91 Å². The summed E-state index contributed by atoms with van der Waals surface area (Å²) in [6, 6.07) is 17.5. The molecule has 0 spiro atoms. The highest BCUT2D eigenvalue weighted by atomic mass is 32.2. The lowest BCUT2D eigenvalue weighted by Gasteiger charge is -2.13. The van der Waals surface area contributed by atoms with Gasteiger partial charge in [0, 0.05) is 23.6 Å². The van der Waals surface area contributed by atoms with Crippen LogP contribution in [0.4, 0.5) is 0 Å². The van der Waals surface area contributed by atoms with Crippen LogP contribution in [-0.4, -0.2) is 47.1 Å². The molecule has 170 valence electrons. The maximum Gasteiger partial charge on any atom is 0.271 e. The fourth-order valence-electron chi connectivity index (χ4n) is 4.43. The van der Waals surface area contributed by atoms with Crippen molar-refractivity contribution in [3.05, 3.63) is 77.6 Å². The predicted molar refractivity (Wildman–Crippen MR) is 129 cm³/mol. The molecule has 0 radical (unpaired) electrons. The number of nitrogens with one attached hydrogen (secondary N) is 2. The number of carbonyl (C=O) groups excluding carboxylic acids is 1. The van der Waals surface area contributed by atoms with E-state index in [-0.39, 0.29) is 23.5 Å². The Hall–Kier alpha value is -3.39. The van der Waals surface area contributed by atoms with E-state index in [1.165, 1.54) is 0 Å². The number of hydrogen-bond donors (Lipinski definition) is 2. The topological polar surface area (TPSA) is 96.8 Å². The molecule has 1 unspecified atom stereocenters. The number of nitrogens with zero attached hydrogens (tertiary/aromatic N) is 2. The van der Waals surface area contributed by atoms with E-state index in [1.54, 1.807) is 10.7 Å². The minimum atomic E-state index is -3.08. The van der Waals surface area contributed by atoms with Crippen LogP contribution in [0.15, 0.2) is 60.8 Å². The SMILES string of the molecule is Cc1ccc(-c2cc(C(=O)NCCc3c[nH]c4ccccc34)nn2C2CCS(=O)(=O)C2)cc1. The zero-order chi connectivity index (χ0) is 23.0. The third kappa shape index (κ3) is 4.43. The summed E-state index contributed by atoms with van der Waals surface area (Å²) in [7, 11) is -3.08. The molecule has 2 aromatic carbocycles. The van der Waals surface area contributed by atoms with E-state index in [4.69, 9.17) is 0 Å². The average Bonchev–Trinajstić information content (AvgIpc) is 3.51. The van der Waals surface area contributed by atoms with Gasteiger partial charge >= 0.3 is 0 Å². The van der Waals surface area contributed by atoms with E-state index in [0.29, 0.717) is 25.1 Å². The van der Waals surface area contributed by atoms with E-state index in [9.17, 15) is 13.2 Å². The molecule has 33 heavy (non-hydrogen) atoms. The van der Waals surface area contributed by atoms with Gasteiger partial charge in [-0.05, 0) is 43.0 Å². The van der Waals surface area contributed by atoms with E-state index >= 15 is 0 Å². The molecule has 8 heteroatoms. The van der Waals surface area contributed by atoms with Gasteiger partial charge in [-0.2, -0.15) is 5.10 Å². The minimum absolute atomic E-state index is 0.0508. The lowest BCUT2D eigenvalue weighted by atomic mass is 10.1. The lowest BCUT2D eigenvalue weighted by molar-refractivity contribution is 0.0948. The van der Waals surface area contributed by atoms with E-state index in [0.717, 1.165) is 33.3 Å². The zero-order valence-corrected chi connectivity index (χ0v) is 19.2. The van der Waals surface area contributed by atoms with Crippen molar-refractivity contribution in [1.82, 2.24) is 20.1 Å². The second-order valence-electron chi connectivity index (χ2n) is 8.65. The second kappa shape index (κ2) is 8.51. The van der Waals surface area contributed by atoms with Gasteiger partial charge in [-0.25, -0.2) is 8.42 Å². The molecule has 1 aliphatic rings. The molecule has 5 rings (SSSR count). The minimum Gasteiger partial charge on any atom is -0.361 e. The van der Waals surface area contributed by atoms with Crippen LogP contribution in [0.5, 0.6) is 0 Å². The molecule has 4 aromatic rings. The third-order valence-corrected chi connectivity index (χ3v) is 7.98. The summed E-state index contributed by atoms with van der Waals surface area (Å²) in [5.74, 6) is -0.0607. The first-order valence-corrected chi connectivity index (χ1v) is 12.9. The first-order chi connectivity index (χ1) is 15.9. The highest BCUT2D eigenvalue weighted by Crippen LogP contribution is 2.30. The first-order valence-electron chi connectivity index (χ1n) is 11.1. The van der Waals surface area contributed by atoms with Crippen molar-refractivity contribution in [2.45, 2.75) is 25.8 Å². The van der Waals surface area contributed by atoms with Crippen LogP contribution >= 0.6 is 0 Å². The molecule has 3 heterocycles. The number of aromatic amines is 1. The molecule has 1 aliphatic heterocycles. The predicted octanol–water partition coefficient (Wildman–Crippen LogP) is 3.67. The van der Waals surface area contributed by atoms with Crippen LogP contribution in [0.25, 0.3) is 22.2 Å². The number of fused-ring (bicyclic) bond motifs is 1. The number of carbonyl (C=O) groups is 1. The summed E-state index contributed by atoms with van der Waals surface area (Å²) < 4.78 is 25.9. The highest BCUT2D eigenvalue weighted by molar-refractivity contribution is 7.91.